The van der Waals surface area contributed by atoms with Gasteiger partial charge in [0.05, 0.1) is 17.7 Å². The molecular weight excluding hydrogens is 240 g/mol. The van der Waals surface area contributed by atoms with E-state index in [4.69, 9.17) is 5.11 Å². The SMILES string of the molecule is Cc1ncsc1CNC(=O)CC(C)CC(=O)O. The minimum atomic E-state index is -0.872. The zero-order valence-corrected chi connectivity index (χ0v) is 10.7. The minimum absolute atomic E-state index is 0.0208. The predicted molar refractivity (Wildman–Crippen MR) is 64.7 cm³/mol. The van der Waals surface area contributed by atoms with Gasteiger partial charge in [0.2, 0.25) is 5.91 Å². The largest absolute Gasteiger partial charge is 0.481 e. The molecule has 1 heterocycles. The Morgan fingerprint density at radius 1 is 1.53 bits per heavy atom. The highest BCUT2D eigenvalue weighted by Gasteiger charge is 2.12. The van der Waals surface area contributed by atoms with E-state index >= 15 is 0 Å². The van der Waals surface area contributed by atoms with E-state index in [1.807, 2.05) is 6.92 Å². The molecule has 1 unspecified atom stereocenters. The molecule has 0 aromatic carbocycles. The molecule has 0 bridgehead atoms. The van der Waals surface area contributed by atoms with E-state index in [2.05, 4.69) is 10.3 Å². The van der Waals surface area contributed by atoms with Gasteiger partial charge in [-0.1, -0.05) is 6.92 Å². The Labute approximate surface area is 104 Å². The predicted octanol–water partition coefficient (Wildman–Crippen LogP) is 1.57. The molecular formula is C11H16N2O3S. The second-order valence-corrected chi connectivity index (χ2v) is 4.98. The standard InChI is InChI=1S/C11H16N2O3S/c1-7(4-11(15)16)3-10(14)12-5-9-8(2)13-6-17-9/h6-7H,3-5H2,1-2H3,(H,12,14)(H,15,16). The summed E-state index contributed by atoms with van der Waals surface area (Å²) in [5.74, 6) is -1.13. The molecule has 2 N–H and O–H groups in total. The number of aryl methyl sites for hydroxylation is 1. The lowest BCUT2D eigenvalue weighted by Crippen LogP contribution is -2.25. The molecule has 0 aliphatic heterocycles. The summed E-state index contributed by atoms with van der Waals surface area (Å²) >= 11 is 1.50. The molecule has 1 amide bonds. The molecule has 1 aromatic heterocycles. The Kier molecular flexibility index (Phi) is 5.09. The number of nitrogens with one attached hydrogen (secondary N) is 1. The van der Waals surface area contributed by atoms with Crippen LogP contribution in [0.15, 0.2) is 5.51 Å². The first kappa shape index (κ1) is 13.6. The van der Waals surface area contributed by atoms with E-state index in [-0.39, 0.29) is 24.7 Å². The quantitative estimate of drug-likeness (QED) is 0.809. The van der Waals surface area contributed by atoms with Crippen molar-refractivity contribution >= 4 is 23.2 Å². The van der Waals surface area contributed by atoms with Crippen LogP contribution in [0.4, 0.5) is 0 Å². The smallest absolute Gasteiger partial charge is 0.303 e. The van der Waals surface area contributed by atoms with Crippen LogP contribution in [-0.4, -0.2) is 22.0 Å². The maximum Gasteiger partial charge on any atom is 0.303 e. The number of thiazole rings is 1. The Hall–Kier alpha value is -1.43. The average Bonchev–Trinajstić information content (AvgIpc) is 2.59. The summed E-state index contributed by atoms with van der Waals surface area (Å²) in [5, 5.41) is 11.3. The van der Waals surface area contributed by atoms with Crippen LogP contribution in [0.2, 0.25) is 0 Å². The van der Waals surface area contributed by atoms with Gasteiger partial charge < -0.3 is 10.4 Å². The summed E-state index contributed by atoms with van der Waals surface area (Å²) in [4.78, 5) is 27.1. The van der Waals surface area contributed by atoms with Crippen molar-refractivity contribution < 1.29 is 14.7 Å². The molecule has 1 rings (SSSR count). The summed E-state index contributed by atoms with van der Waals surface area (Å²) in [5.41, 5.74) is 2.66. The minimum Gasteiger partial charge on any atom is -0.481 e. The number of aromatic nitrogens is 1. The molecule has 5 nitrogen and oxygen atoms in total. The van der Waals surface area contributed by atoms with E-state index in [0.717, 1.165) is 10.6 Å². The molecule has 94 valence electrons. The average molecular weight is 256 g/mol. The molecule has 0 saturated heterocycles. The fourth-order valence-corrected chi connectivity index (χ4v) is 2.15. The molecule has 0 radical (unpaired) electrons. The van der Waals surface area contributed by atoms with Crippen LogP contribution >= 0.6 is 11.3 Å². The van der Waals surface area contributed by atoms with Crippen LogP contribution in [0.5, 0.6) is 0 Å². The summed E-state index contributed by atoms with van der Waals surface area (Å²) in [6.45, 7) is 4.12. The Morgan fingerprint density at radius 2 is 2.24 bits per heavy atom. The Morgan fingerprint density at radius 3 is 2.76 bits per heavy atom. The van der Waals surface area contributed by atoms with E-state index in [0.29, 0.717) is 6.54 Å². The second kappa shape index (κ2) is 6.34. The lowest BCUT2D eigenvalue weighted by Gasteiger charge is -2.08. The van der Waals surface area contributed by atoms with Gasteiger partial charge >= 0.3 is 5.97 Å². The Balaban J connectivity index is 2.30. The first-order valence-electron chi connectivity index (χ1n) is 5.36. The zero-order chi connectivity index (χ0) is 12.8. The highest BCUT2D eigenvalue weighted by molar-refractivity contribution is 7.09. The van der Waals surface area contributed by atoms with Gasteiger partial charge in [0, 0.05) is 17.7 Å². The van der Waals surface area contributed by atoms with Gasteiger partial charge in [0.15, 0.2) is 0 Å². The van der Waals surface area contributed by atoms with Gasteiger partial charge in [-0.2, -0.15) is 0 Å². The zero-order valence-electron chi connectivity index (χ0n) is 9.90. The number of aliphatic carboxylic acids is 1. The van der Waals surface area contributed by atoms with Crippen LogP contribution in [0.1, 0.15) is 30.3 Å². The van der Waals surface area contributed by atoms with Crippen molar-refractivity contribution in [2.24, 2.45) is 5.92 Å². The van der Waals surface area contributed by atoms with Crippen molar-refractivity contribution in [2.75, 3.05) is 0 Å². The third kappa shape index (κ3) is 4.95. The van der Waals surface area contributed by atoms with Gasteiger partial charge in [-0.25, -0.2) is 4.98 Å². The van der Waals surface area contributed by atoms with Crippen molar-refractivity contribution in [3.8, 4) is 0 Å². The van der Waals surface area contributed by atoms with Crippen LogP contribution in [0.25, 0.3) is 0 Å². The molecule has 0 saturated carbocycles. The fraction of sp³-hybridized carbons (Fsp3) is 0.545. The maximum absolute atomic E-state index is 11.5. The monoisotopic (exact) mass is 256 g/mol. The number of carboxylic acid groups (broad SMARTS) is 1. The van der Waals surface area contributed by atoms with Crippen LogP contribution in [0.3, 0.4) is 0 Å². The summed E-state index contributed by atoms with van der Waals surface area (Å²) in [7, 11) is 0. The number of hydrogen-bond acceptors (Lipinski definition) is 4. The number of amides is 1. The van der Waals surface area contributed by atoms with Gasteiger partial charge in [-0.05, 0) is 12.8 Å². The van der Waals surface area contributed by atoms with Crippen LogP contribution in [0, 0.1) is 12.8 Å². The van der Waals surface area contributed by atoms with E-state index in [1.165, 1.54) is 11.3 Å². The van der Waals surface area contributed by atoms with E-state index in [1.54, 1.807) is 12.4 Å². The lowest BCUT2D eigenvalue weighted by molar-refractivity contribution is -0.138. The van der Waals surface area contributed by atoms with Gasteiger partial charge in [0.25, 0.3) is 0 Å². The highest BCUT2D eigenvalue weighted by Crippen LogP contribution is 2.12. The summed E-state index contributed by atoms with van der Waals surface area (Å²) < 4.78 is 0. The van der Waals surface area contributed by atoms with Crippen molar-refractivity contribution in [1.82, 2.24) is 10.3 Å². The molecule has 0 aliphatic carbocycles. The summed E-state index contributed by atoms with van der Waals surface area (Å²) in [6, 6.07) is 0. The first-order valence-corrected chi connectivity index (χ1v) is 6.24. The van der Waals surface area contributed by atoms with Crippen molar-refractivity contribution in [1.29, 1.82) is 0 Å². The van der Waals surface area contributed by atoms with Crippen molar-refractivity contribution in [3.05, 3.63) is 16.1 Å². The van der Waals surface area contributed by atoms with Crippen LogP contribution < -0.4 is 5.32 Å². The molecule has 0 fully saturated rings. The fourth-order valence-electron chi connectivity index (χ4n) is 1.43. The number of nitrogens with zero attached hydrogens (tertiary/aromatic N) is 1. The van der Waals surface area contributed by atoms with Crippen molar-refractivity contribution in [2.45, 2.75) is 33.2 Å². The normalized spacial score (nSPS) is 12.1. The molecule has 1 aromatic rings. The van der Waals surface area contributed by atoms with Gasteiger partial charge in [-0.15, -0.1) is 11.3 Å². The third-order valence-corrected chi connectivity index (χ3v) is 3.28. The van der Waals surface area contributed by atoms with E-state index < -0.39 is 5.97 Å². The number of rotatable bonds is 6. The molecule has 6 heteroatoms. The van der Waals surface area contributed by atoms with E-state index in [9.17, 15) is 9.59 Å². The van der Waals surface area contributed by atoms with Gasteiger partial charge in [-0.3, -0.25) is 9.59 Å². The third-order valence-electron chi connectivity index (χ3n) is 2.35. The second-order valence-electron chi connectivity index (χ2n) is 4.04. The number of carboxylic acids is 1. The molecule has 1 atom stereocenters. The lowest BCUT2D eigenvalue weighted by atomic mass is 10.0. The number of hydrogen-bond donors (Lipinski definition) is 2. The molecule has 0 aliphatic rings. The van der Waals surface area contributed by atoms with Crippen LogP contribution in [-0.2, 0) is 16.1 Å². The maximum atomic E-state index is 11.5. The van der Waals surface area contributed by atoms with Crippen molar-refractivity contribution in [3.63, 3.8) is 0 Å². The number of carbonyl (C=O) groups excluding carboxylic acids is 1. The topological polar surface area (TPSA) is 79.3 Å². The highest BCUT2D eigenvalue weighted by atomic mass is 32.1. The Bertz CT molecular complexity index is 403. The number of carbonyl (C=O) groups is 2. The molecule has 17 heavy (non-hydrogen) atoms. The summed E-state index contributed by atoms with van der Waals surface area (Å²) in [6.07, 6.45) is 0.261. The first-order chi connectivity index (χ1) is 7.99. The van der Waals surface area contributed by atoms with Gasteiger partial charge in [0.1, 0.15) is 0 Å². The molecule has 0 spiro atoms.